The Morgan fingerprint density at radius 2 is 1.48 bits per heavy atom. The lowest BCUT2D eigenvalue weighted by molar-refractivity contribution is -0.0696. The summed E-state index contributed by atoms with van der Waals surface area (Å²) < 4.78 is 77.8. The first-order chi connectivity index (χ1) is 10.6. The molecule has 0 radical (unpaired) electrons. The molecule has 2 aromatic carbocycles. The van der Waals surface area contributed by atoms with Gasteiger partial charge in [0.05, 0.1) is 16.1 Å². The van der Waals surface area contributed by atoms with Crippen molar-refractivity contribution in [3.8, 4) is 23.0 Å². The smallest absolute Gasteiger partial charge is 0.206 e. The van der Waals surface area contributed by atoms with Crippen molar-refractivity contribution >= 4 is 11.6 Å². The lowest BCUT2D eigenvalue weighted by Gasteiger charge is -2.09. The first-order valence-corrected chi connectivity index (χ1v) is 6.51. The van der Waals surface area contributed by atoms with Crippen LogP contribution in [0.2, 0.25) is 5.02 Å². The average molecular weight is 349 g/mol. The summed E-state index contributed by atoms with van der Waals surface area (Å²) in [6.45, 7) is 1.47. The van der Waals surface area contributed by atoms with Crippen molar-refractivity contribution in [3.63, 3.8) is 0 Å². The number of hydrogen-bond donors (Lipinski definition) is 0. The maximum atomic E-state index is 13.9. The average Bonchev–Trinajstić information content (AvgIpc) is 2.34. The molecule has 2 rings (SSSR count). The Hall–Kier alpha value is -2.13. The lowest BCUT2D eigenvalue weighted by Crippen LogP contribution is -2.02. The zero-order valence-electron chi connectivity index (χ0n) is 11.5. The Morgan fingerprint density at radius 1 is 0.913 bits per heavy atom. The summed E-state index contributed by atoms with van der Waals surface area (Å²) >= 11 is 5.69. The van der Waals surface area contributed by atoms with Crippen molar-refractivity contribution in [1.29, 1.82) is 0 Å². The molecule has 0 saturated heterocycles. The van der Waals surface area contributed by atoms with Gasteiger partial charge in [-0.3, -0.25) is 0 Å². The second kappa shape index (κ2) is 6.17. The number of alkyl halides is 3. The zero-order chi connectivity index (χ0) is 17.4. The van der Waals surface area contributed by atoms with E-state index in [-0.39, 0.29) is 5.56 Å². The minimum Gasteiger partial charge on any atom is -0.206 e. The third kappa shape index (κ3) is 3.99. The summed E-state index contributed by atoms with van der Waals surface area (Å²) in [6, 6.07) is 3.73. The molecule has 0 spiro atoms. The van der Waals surface area contributed by atoms with Gasteiger partial charge in [-0.15, -0.1) is 0 Å². The Kier molecular flexibility index (Phi) is 4.62. The van der Waals surface area contributed by atoms with Crippen LogP contribution in [-0.2, 0) is 0 Å². The van der Waals surface area contributed by atoms with Gasteiger partial charge in [-0.2, -0.15) is 13.2 Å². The van der Waals surface area contributed by atoms with Crippen LogP contribution < -0.4 is 0 Å². The molecular formula is C16H7ClF6. The second-order valence-corrected chi connectivity index (χ2v) is 5.07. The molecule has 0 heterocycles. The highest BCUT2D eigenvalue weighted by atomic mass is 35.5. The van der Waals surface area contributed by atoms with Crippen LogP contribution in [-0.4, -0.2) is 6.18 Å². The molecule has 0 unspecified atom stereocenters. The van der Waals surface area contributed by atoms with Crippen LogP contribution in [0.1, 0.15) is 11.1 Å². The largest absolute Gasteiger partial charge is 0.458 e. The van der Waals surface area contributed by atoms with Crippen molar-refractivity contribution in [2.75, 3.05) is 0 Å². The summed E-state index contributed by atoms with van der Waals surface area (Å²) in [4.78, 5) is 0. The van der Waals surface area contributed by atoms with Crippen LogP contribution in [0.25, 0.3) is 11.1 Å². The Balaban J connectivity index is 2.59. The summed E-state index contributed by atoms with van der Waals surface area (Å²) in [6.07, 6.45) is -4.82. The normalized spacial score (nSPS) is 11.1. The number of rotatable bonds is 1. The highest BCUT2D eigenvalue weighted by Gasteiger charge is 2.23. The summed E-state index contributed by atoms with van der Waals surface area (Å²) in [5.74, 6) is -0.625. The fourth-order valence-electron chi connectivity index (χ4n) is 1.95. The van der Waals surface area contributed by atoms with Gasteiger partial charge < -0.3 is 0 Å². The molecule has 7 heteroatoms. The molecule has 120 valence electrons. The molecule has 2 aromatic rings. The molecule has 23 heavy (non-hydrogen) atoms. The van der Waals surface area contributed by atoms with Crippen LogP contribution in [0.15, 0.2) is 24.3 Å². The van der Waals surface area contributed by atoms with E-state index < -0.39 is 39.8 Å². The van der Waals surface area contributed by atoms with E-state index in [4.69, 9.17) is 11.6 Å². The molecule has 0 aliphatic carbocycles. The molecule has 0 N–H and O–H groups in total. The van der Waals surface area contributed by atoms with E-state index in [1.54, 1.807) is 5.92 Å². The fourth-order valence-corrected chi connectivity index (χ4v) is 2.20. The number of aryl methyl sites for hydroxylation is 1. The van der Waals surface area contributed by atoms with Crippen LogP contribution >= 0.6 is 11.6 Å². The summed E-state index contributed by atoms with van der Waals surface area (Å²) in [7, 11) is 0. The molecule has 0 bridgehead atoms. The fraction of sp³-hybridized carbons (Fsp3) is 0.125. The minimum absolute atomic E-state index is 0.236. The van der Waals surface area contributed by atoms with E-state index in [2.05, 4.69) is 0 Å². The SMILES string of the molecule is Cc1cc(F)c(-c2cc(F)c(C#CC(F)(F)F)c(Cl)c2)c(F)c1. The quantitative estimate of drug-likeness (QED) is 0.461. The van der Waals surface area contributed by atoms with Crippen molar-refractivity contribution in [1.82, 2.24) is 0 Å². The molecule has 0 nitrogen and oxygen atoms in total. The van der Waals surface area contributed by atoms with E-state index in [1.807, 2.05) is 0 Å². The van der Waals surface area contributed by atoms with Gasteiger partial charge in [0, 0.05) is 5.92 Å². The van der Waals surface area contributed by atoms with Gasteiger partial charge in [-0.25, -0.2) is 13.2 Å². The molecule has 0 saturated carbocycles. The molecule has 0 amide bonds. The van der Waals surface area contributed by atoms with Gasteiger partial charge in [0.15, 0.2) is 0 Å². The van der Waals surface area contributed by atoms with Crippen LogP contribution in [0.4, 0.5) is 26.3 Å². The summed E-state index contributed by atoms with van der Waals surface area (Å²) in [5.41, 5.74) is -1.13. The molecule has 0 atom stereocenters. The predicted molar refractivity (Wildman–Crippen MR) is 74.4 cm³/mol. The Morgan fingerprint density at radius 3 is 1.96 bits per heavy atom. The number of benzene rings is 2. The highest BCUT2D eigenvalue weighted by molar-refractivity contribution is 6.32. The van der Waals surface area contributed by atoms with E-state index in [0.717, 1.165) is 24.1 Å². The molecule has 0 fully saturated rings. The van der Waals surface area contributed by atoms with Crippen LogP contribution in [0.3, 0.4) is 0 Å². The molecular weight excluding hydrogens is 342 g/mol. The van der Waals surface area contributed by atoms with Gasteiger partial charge in [0.1, 0.15) is 17.5 Å². The van der Waals surface area contributed by atoms with Gasteiger partial charge in [-0.1, -0.05) is 17.5 Å². The third-order valence-corrected chi connectivity index (χ3v) is 3.14. The lowest BCUT2D eigenvalue weighted by atomic mass is 10.0. The highest BCUT2D eigenvalue weighted by Crippen LogP contribution is 2.32. The Bertz CT molecular complexity index is 781. The van der Waals surface area contributed by atoms with E-state index >= 15 is 0 Å². The van der Waals surface area contributed by atoms with Crippen LogP contribution in [0.5, 0.6) is 0 Å². The Labute approximate surface area is 132 Å². The van der Waals surface area contributed by atoms with Crippen molar-refractivity contribution in [3.05, 3.63) is 57.9 Å². The summed E-state index contributed by atoms with van der Waals surface area (Å²) in [5, 5.41) is -0.476. The van der Waals surface area contributed by atoms with Gasteiger partial charge in [0.25, 0.3) is 0 Å². The van der Waals surface area contributed by atoms with E-state index in [9.17, 15) is 26.3 Å². The maximum Gasteiger partial charge on any atom is 0.458 e. The van der Waals surface area contributed by atoms with E-state index in [1.165, 1.54) is 6.92 Å². The zero-order valence-corrected chi connectivity index (χ0v) is 12.2. The van der Waals surface area contributed by atoms with Crippen molar-refractivity contribution < 1.29 is 26.3 Å². The van der Waals surface area contributed by atoms with Gasteiger partial charge in [-0.05, 0) is 42.3 Å². The minimum atomic E-state index is -4.82. The van der Waals surface area contributed by atoms with Gasteiger partial charge in [0.2, 0.25) is 0 Å². The monoisotopic (exact) mass is 348 g/mol. The standard InChI is InChI=1S/C16H7ClF6/c1-8-4-13(19)15(14(20)5-8)9-6-11(17)10(12(18)7-9)2-3-16(21,22)23/h4-7H,1H3. The number of halogens is 7. The predicted octanol–water partition coefficient (Wildman–Crippen LogP) is 5.65. The molecule has 0 aliphatic heterocycles. The van der Waals surface area contributed by atoms with Crippen molar-refractivity contribution in [2.24, 2.45) is 0 Å². The van der Waals surface area contributed by atoms with Gasteiger partial charge >= 0.3 is 6.18 Å². The third-order valence-electron chi connectivity index (χ3n) is 2.85. The van der Waals surface area contributed by atoms with E-state index in [0.29, 0.717) is 11.6 Å². The number of hydrogen-bond acceptors (Lipinski definition) is 0. The second-order valence-electron chi connectivity index (χ2n) is 4.67. The molecule has 0 aliphatic rings. The first-order valence-electron chi connectivity index (χ1n) is 6.13. The van der Waals surface area contributed by atoms with Crippen molar-refractivity contribution in [2.45, 2.75) is 13.1 Å². The molecule has 0 aromatic heterocycles. The topological polar surface area (TPSA) is 0 Å². The first kappa shape index (κ1) is 17.2. The van der Waals surface area contributed by atoms with Crippen LogP contribution in [0, 0.1) is 36.2 Å². The maximum absolute atomic E-state index is 13.9.